The van der Waals surface area contributed by atoms with E-state index in [0.29, 0.717) is 0 Å². The normalized spacial score (nSPS) is 11.7. The van der Waals surface area contributed by atoms with Crippen molar-refractivity contribution in [3.05, 3.63) is 145 Å². The van der Waals surface area contributed by atoms with Crippen LogP contribution in [0.5, 0.6) is 0 Å². The molecule has 0 aliphatic heterocycles. The lowest BCUT2D eigenvalue weighted by atomic mass is 10.0. The van der Waals surface area contributed by atoms with Gasteiger partial charge in [-0.2, -0.15) is 0 Å². The van der Waals surface area contributed by atoms with Crippen LogP contribution < -0.4 is 0 Å². The molecule has 0 saturated carbocycles. The molecular weight excluding hydrogens is 472 g/mol. The van der Waals surface area contributed by atoms with Crippen molar-refractivity contribution in [2.75, 3.05) is 0 Å². The second kappa shape index (κ2) is 8.47. The van der Waals surface area contributed by atoms with Crippen molar-refractivity contribution >= 4 is 43.6 Å². The molecule has 2 heteroatoms. The summed E-state index contributed by atoms with van der Waals surface area (Å²) in [6, 6.07) is 50.7. The van der Waals surface area contributed by atoms with Crippen LogP contribution in [0.25, 0.3) is 66.1 Å². The standard InChI is InChI=1S/C37H26N2/c1-25-10-8-12-28(22-25)38-36-19-7-4-16-32(36)33-24-27(20-21-37(33)38)26-11-9-13-29(23-26)39-34-17-5-2-14-30(34)31-15-3-6-18-35(31)39/h2-24H,1H3. The van der Waals surface area contributed by atoms with Crippen LogP contribution in [0.3, 0.4) is 0 Å². The highest BCUT2D eigenvalue weighted by atomic mass is 15.0. The summed E-state index contributed by atoms with van der Waals surface area (Å²) < 4.78 is 4.77. The summed E-state index contributed by atoms with van der Waals surface area (Å²) in [7, 11) is 0. The van der Waals surface area contributed by atoms with E-state index in [4.69, 9.17) is 0 Å². The molecule has 0 aliphatic rings. The van der Waals surface area contributed by atoms with Gasteiger partial charge in [-0.05, 0) is 78.2 Å². The topological polar surface area (TPSA) is 9.86 Å². The SMILES string of the molecule is Cc1cccc(-n2c3ccccc3c3cc(-c4cccc(-n5c6ccccc6c6ccccc65)c4)ccc32)c1. The Balaban J connectivity index is 1.34. The molecule has 0 aliphatic carbocycles. The van der Waals surface area contributed by atoms with E-state index in [1.54, 1.807) is 0 Å². The predicted octanol–water partition coefficient (Wildman–Crippen LogP) is 9.86. The molecule has 6 aromatic carbocycles. The number of rotatable bonds is 3. The van der Waals surface area contributed by atoms with Gasteiger partial charge in [-0.3, -0.25) is 0 Å². The first kappa shape index (κ1) is 22.0. The molecule has 0 unspecified atom stereocenters. The lowest BCUT2D eigenvalue weighted by Crippen LogP contribution is -1.95. The van der Waals surface area contributed by atoms with Crippen LogP contribution >= 0.6 is 0 Å². The highest BCUT2D eigenvalue weighted by molar-refractivity contribution is 6.11. The lowest BCUT2D eigenvalue weighted by Gasteiger charge is -2.11. The van der Waals surface area contributed by atoms with Crippen LogP contribution in [0.1, 0.15) is 5.56 Å². The number of benzene rings is 6. The van der Waals surface area contributed by atoms with E-state index in [9.17, 15) is 0 Å². The van der Waals surface area contributed by atoms with Crippen molar-refractivity contribution < 1.29 is 0 Å². The van der Waals surface area contributed by atoms with Gasteiger partial charge in [0.25, 0.3) is 0 Å². The van der Waals surface area contributed by atoms with Gasteiger partial charge in [-0.15, -0.1) is 0 Å². The van der Waals surface area contributed by atoms with Gasteiger partial charge < -0.3 is 9.13 Å². The highest BCUT2D eigenvalue weighted by Crippen LogP contribution is 2.37. The molecule has 2 nitrogen and oxygen atoms in total. The van der Waals surface area contributed by atoms with Gasteiger partial charge in [-0.25, -0.2) is 0 Å². The first-order valence-corrected chi connectivity index (χ1v) is 13.5. The summed E-state index contributed by atoms with van der Waals surface area (Å²) in [5.74, 6) is 0. The number of nitrogens with zero attached hydrogens (tertiary/aromatic N) is 2. The Hall–Kier alpha value is -5.08. The van der Waals surface area contributed by atoms with E-state index < -0.39 is 0 Å². The molecule has 39 heavy (non-hydrogen) atoms. The fourth-order valence-electron chi connectivity index (χ4n) is 6.22. The fourth-order valence-corrected chi connectivity index (χ4v) is 6.22. The molecule has 0 saturated heterocycles. The van der Waals surface area contributed by atoms with Gasteiger partial charge in [0.1, 0.15) is 0 Å². The molecule has 8 rings (SSSR count). The molecule has 8 aromatic rings. The molecule has 0 fully saturated rings. The largest absolute Gasteiger partial charge is 0.309 e. The monoisotopic (exact) mass is 498 g/mol. The van der Waals surface area contributed by atoms with E-state index in [2.05, 4.69) is 156 Å². The van der Waals surface area contributed by atoms with Crippen molar-refractivity contribution in [3.8, 4) is 22.5 Å². The highest BCUT2D eigenvalue weighted by Gasteiger charge is 2.15. The smallest absolute Gasteiger partial charge is 0.0541 e. The molecule has 0 amide bonds. The third-order valence-corrected chi connectivity index (χ3v) is 7.95. The quantitative estimate of drug-likeness (QED) is 0.229. The van der Waals surface area contributed by atoms with E-state index in [0.717, 1.165) is 0 Å². The van der Waals surface area contributed by atoms with Crippen molar-refractivity contribution in [2.24, 2.45) is 0 Å². The summed E-state index contributed by atoms with van der Waals surface area (Å²) in [5.41, 5.74) is 11.0. The van der Waals surface area contributed by atoms with Gasteiger partial charge in [0, 0.05) is 32.9 Å². The predicted molar refractivity (Wildman–Crippen MR) is 165 cm³/mol. The first-order valence-electron chi connectivity index (χ1n) is 13.5. The minimum Gasteiger partial charge on any atom is -0.309 e. The van der Waals surface area contributed by atoms with Crippen molar-refractivity contribution in [1.29, 1.82) is 0 Å². The van der Waals surface area contributed by atoms with E-state index in [-0.39, 0.29) is 0 Å². The van der Waals surface area contributed by atoms with Crippen LogP contribution in [0.15, 0.2) is 140 Å². The van der Waals surface area contributed by atoms with Gasteiger partial charge in [0.2, 0.25) is 0 Å². The zero-order chi connectivity index (χ0) is 25.9. The van der Waals surface area contributed by atoms with E-state index >= 15 is 0 Å². The number of aryl methyl sites for hydroxylation is 1. The Morgan fingerprint density at radius 2 is 0.846 bits per heavy atom. The van der Waals surface area contributed by atoms with Crippen LogP contribution in [0.4, 0.5) is 0 Å². The number of hydrogen-bond acceptors (Lipinski definition) is 0. The van der Waals surface area contributed by atoms with Crippen LogP contribution in [-0.2, 0) is 0 Å². The van der Waals surface area contributed by atoms with Crippen LogP contribution in [0.2, 0.25) is 0 Å². The summed E-state index contributed by atoms with van der Waals surface area (Å²) in [4.78, 5) is 0. The lowest BCUT2D eigenvalue weighted by molar-refractivity contribution is 1.17. The van der Waals surface area contributed by atoms with Gasteiger partial charge in [0.05, 0.1) is 22.1 Å². The van der Waals surface area contributed by atoms with Crippen molar-refractivity contribution in [2.45, 2.75) is 6.92 Å². The Bertz CT molecular complexity index is 2140. The number of fused-ring (bicyclic) bond motifs is 6. The third-order valence-electron chi connectivity index (χ3n) is 7.95. The summed E-state index contributed by atoms with van der Waals surface area (Å²) in [6.45, 7) is 2.15. The Labute approximate surface area is 227 Å². The zero-order valence-electron chi connectivity index (χ0n) is 21.7. The van der Waals surface area contributed by atoms with Gasteiger partial charge in [0.15, 0.2) is 0 Å². The van der Waals surface area contributed by atoms with E-state index in [1.807, 2.05) is 0 Å². The molecule has 0 N–H and O–H groups in total. The number of para-hydroxylation sites is 3. The Morgan fingerprint density at radius 1 is 0.359 bits per heavy atom. The summed E-state index contributed by atoms with van der Waals surface area (Å²) in [5, 5.41) is 5.11. The third kappa shape index (κ3) is 3.35. The zero-order valence-corrected chi connectivity index (χ0v) is 21.7. The molecule has 2 aromatic heterocycles. The Kier molecular flexibility index (Phi) is 4.77. The van der Waals surface area contributed by atoms with Crippen molar-refractivity contribution in [3.63, 3.8) is 0 Å². The maximum absolute atomic E-state index is 2.39. The average Bonchev–Trinajstić information content (AvgIpc) is 3.50. The Morgan fingerprint density at radius 3 is 1.46 bits per heavy atom. The summed E-state index contributed by atoms with van der Waals surface area (Å²) in [6.07, 6.45) is 0. The van der Waals surface area contributed by atoms with Gasteiger partial charge in [-0.1, -0.05) is 84.9 Å². The average molecular weight is 499 g/mol. The van der Waals surface area contributed by atoms with Gasteiger partial charge >= 0.3 is 0 Å². The number of aromatic nitrogens is 2. The van der Waals surface area contributed by atoms with Crippen LogP contribution in [0, 0.1) is 6.92 Å². The second-order valence-corrected chi connectivity index (χ2v) is 10.3. The fraction of sp³-hybridized carbons (Fsp3) is 0.0270. The van der Waals surface area contributed by atoms with Crippen LogP contribution in [-0.4, -0.2) is 9.13 Å². The first-order chi connectivity index (χ1) is 19.3. The molecular formula is C37H26N2. The molecule has 184 valence electrons. The molecule has 0 bridgehead atoms. The molecule has 0 atom stereocenters. The second-order valence-electron chi connectivity index (χ2n) is 10.3. The maximum atomic E-state index is 2.39. The number of hydrogen-bond donors (Lipinski definition) is 0. The minimum atomic E-state index is 1.17. The molecule has 0 spiro atoms. The minimum absolute atomic E-state index is 1.17. The van der Waals surface area contributed by atoms with E-state index in [1.165, 1.54) is 71.7 Å². The van der Waals surface area contributed by atoms with Crippen molar-refractivity contribution in [1.82, 2.24) is 9.13 Å². The maximum Gasteiger partial charge on any atom is 0.0541 e. The summed E-state index contributed by atoms with van der Waals surface area (Å²) >= 11 is 0. The molecule has 2 heterocycles. The molecule has 0 radical (unpaired) electrons.